The lowest BCUT2D eigenvalue weighted by Gasteiger charge is -2.21. The van der Waals surface area contributed by atoms with E-state index in [2.05, 4.69) is 74.5 Å². The van der Waals surface area contributed by atoms with Gasteiger partial charge in [0.15, 0.2) is 11.6 Å². The zero-order valence-electron chi connectivity index (χ0n) is 33.9. The molecule has 1 aliphatic rings. The van der Waals surface area contributed by atoms with Gasteiger partial charge in [-0.05, 0) is 52.5 Å². The number of hydrogen-bond donors (Lipinski definition) is 0. The van der Waals surface area contributed by atoms with Crippen molar-refractivity contribution in [2.75, 3.05) is 0 Å². The van der Waals surface area contributed by atoms with Crippen molar-refractivity contribution in [3.63, 3.8) is 0 Å². The summed E-state index contributed by atoms with van der Waals surface area (Å²) in [6.45, 7) is 4.52. The Bertz CT molecular complexity index is 3360. The molecule has 0 radical (unpaired) electrons. The summed E-state index contributed by atoms with van der Waals surface area (Å²) in [6.07, 6.45) is 0. The Labute approximate surface area is 313 Å². The second-order valence-corrected chi connectivity index (χ2v) is 14.1. The largest absolute Gasteiger partial charge is 0.307 e. The maximum atomic E-state index is 9.13. The summed E-state index contributed by atoms with van der Waals surface area (Å²) in [5.41, 5.74) is 9.44. The van der Waals surface area contributed by atoms with Gasteiger partial charge >= 0.3 is 0 Å². The Balaban J connectivity index is 1.27. The number of para-hydroxylation sites is 3. The lowest BCUT2D eigenvalue weighted by atomic mass is 9.82. The van der Waals surface area contributed by atoms with E-state index in [0.29, 0.717) is 28.6 Å². The van der Waals surface area contributed by atoms with E-state index in [4.69, 9.17) is 21.8 Å². The van der Waals surface area contributed by atoms with E-state index >= 15 is 0 Å². The van der Waals surface area contributed by atoms with Crippen LogP contribution in [0.5, 0.6) is 0 Å². The molecule has 3 heterocycles. The molecule has 0 aliphatic heterocycles. The first kappa shape index (κ1) is 25.2. The van der Waals surface area contributed by atoms with E-state index in [0.717, 1.165) is 43.7 Å². The monoisotopic (exact) mass is 684 g/mol. The molecule has 53 heavy (non-hydrogen) atoms. The predicted molar refractivity (Wildman–Crippen MR) is 217 cm³/mol. The SMILES string of the molecule is [2H]c1c([2H])c([2H])c(-n2c3ccccc3c3ccc4c5ccccc5n(-c5nc(-c6ccccc6)nc(-c6ccc7c(c6)C(C)(C)c6ccccc6-7)n5)c4c32)c([2H])c1[2H]. The quantitative estimate of drug-likeness (QED) is 0.185. The van der Waals surface area contributed by atoms with Gasteiger partial charge in [-0.25, -0.2) is 4.98 Å². The van der Waals surface area contributed by atoms with Crippen LogP contribution in [-0.4, -0.2) is 24.1 Å². The van der Waals surface area contributed by atoms with Crippen LogP contribution in [0, 0.1) is 0 Å². The molecule has 250 valence electrons. The lowest BCUT2D eigenvalue weighted by molar-refractivity contribution is 0.660. The highest BCUT2D eigenvalue weighted by atomic mass is 15.2. The summed E-state index contributed by atoms with van der Waals surface area (Å²) in [5, 5.41) is 3.60. The van der Waals surface area contributed by atoms with Gasteiger partial charge in [0, 0.05) is 43.8 Å². The molecule has 0 N–H and O–H groups in total. The lowest BCUT2D eigenvalue weighted by Crippen LogP contribution is -2.15. The van der Waals surface area contributed by atoms with Gasteiger partial charge in [-0.15, -0.1) is 0 Å². The minimum Gasteiger partial charge on any atom is -0.307 e. The van der Waals surface area contributed by atoms with Crippen molar-refractivity contribution < 1.29 is 6.85 Å². The van der Waals surface area contributed by atoms with Crippen LogP contribution in [0.3, 0.4) is 0 Å². The first-order chi connectivity index (χ1) is 28.1. The molecule has 3 aromatic heterocycles. The number of fused-ring (bicyclic) bond motifs is 10. The first-order valence-electron chi connectivity index (χ1n) is 20.2. The third-order valence-corrected chi connectivity index (χ3v) is 10.9. The minimum absolute atomic E-state index is 0.0737. The van der Waals surface area contributed by atoms with Gasteiger partial charge in [0.05, 0.1) is 28.9 Å². The van der Waals surface area contributed by atoms with Crippen LogP contribution in [0.1, 0.15) is 31.8 Å². The molecule has 0 fully saturated rings. The van der Waals surface area contributed by atoms with Gasteiger partial charge in [0.1, 0.15) is 0 Å². The molecule has 5 heteroatoms. The number of aromatic nitrogens is 5. The van der Waals surface area contributed by atoms with Crippen LogP contribution in [0.25, 0.3) is 89.2 Å². The Morgan fingerprint density at radius 2 is 1.08 bits per heavy atom. The summed E-state index contributed by atoms with van der Waals surface area (Å²) in [4.78, 5) is 15.7. The van der Waals surface area contributed by atoms with Crippen LogP contribution in [0.2, 0.25) is 0 Å². The highest BCUT2D eigenvalue weighted by molar-refractivity contribution is 6.23. The molecule has 11 rings (SSSR count). The molecule has 0 atom stereocenters. The fourth-order valence-electron chi connectivity index (χ4n) is 8.45. The predicted octanol–water partition coefficient (Wildman–Crippen LogP) is 11.7. The second kappa shape index (κ2) is 11.1. The van der Waals surface area contributed by atoms with Gasteiger partial charge in [0.25, 0.3) is 0 Å². The fourth-order valence-corrected chi connectivity index (χ4v) is 8.45. The van der Waals surface area contributed by atoms with E-state index in [1.54, 1.807) is 0 Å². The third-order valence-electron chi connectivity index (χ3n) is 10.9. The molecule has 0 bridgehead atoms. The van der Waals surface area contributed by atoms with Gasteiger partial charge in [-0.1, -0.05) is 147 Å². The molecule has 7 aromatic carbocycles. The van der Waals surface area contributed by atoms with E-state index in [9.17, 15) is 0 Å². The van der Waals surface area contributed by atoms with Crippen molar-refractivity contribution in [1.82, 2.24) is 24.1 Å². The van der Waals surface area contributed by atoms with Gasteiger partial charge in [-0.3, -0.25) is 4.57 Å². The summed E-state index contributed by atoms with van der Waals surface area (Å²) in [7, 11) is 0. The standard InChI is InChI=1S/C48H33N5/c1-48(2)39-22-12-9-19-33(39)34-26-25-31(29-40(34)48)46-49-45(30-15-5-3-6-16-30)50-47(51-46)53-42-24-14-11-21-36(42)38-28-27-37-35-20-10-13-23-41(35)52(43(37)44(38)53)32-17-7-4-8-18-32/h3-29H,1-2H3/i4D,7D,8D,17D,18D. The Kier molecular flexibility index (Phi) is 5.26. The number of hydrogen-bond acceptors (Lipinski definition) is 3. The zero-order valence-corrected chi connectivity index (χ0v) is 28.9. The van der Waals surface area contributed by atoms with Crippen LogP contribution >= 0.6 is 0 Å². The van der Waals surface area contributed by atoms with Crippen molar-refractivity contribution in [3.05, 3.63) is 175 Å². The van der Waals surface area contributed by atoms with E-state index in [1.165, 1.54) is 22.3 Å². The van der Waals surface area contributed by atoms with Gasteiger partial charge in [0.2, 0.25) is 5.95 Å². The highest BCUT2D eigenvalue weighted by Gasteiger charge is 2.35. The Hall–Kier alpha value is -6.85. The highest BCUT2D eigenvalue weighted by Crippen LogP contribution is 2.49. The molecular formula is C48H33N5. The van der Waals surface area contributed by atoms with E-state index in [-0.39, 0.29) is 23.2 Å². The maximum absolute atomic E-state index is 9.13. The molecule has 0 saturated heterocycles. The summed E-state index contributed by atoms with van der Waals surface area (Å²) >= 11 is 0. The first-order valence-corrected chi connectivity index (χ1v) is 17.7. The zero-order chi connectivity index (χ0) is 39.6. The summed E-state index contributed by atoms with van der Waals surface area (Å²) in [5.74, 6) is 1.42. The maximum Gasteiger partial charge on any atom is 0.238 e. The molecule has 0 saturated carbocycles. The van der Waals surface area contributed by atoms with Crippen LogP contribution in [0.4, 0.5) is 0 Å². The van der Waals surface area contributed by atoms with Crippen LogP contribution < -0.4 is 0 Å². The van der Waals surface area contributed by atoms with Crippen molar-refractivity contribution in [1.29, 1.82) is 0 Å². The number of rotatable bonds is 4. The molecule has 0 amide bonds. The fraction of sp³-hybridized carbons (Fsp3) is 0.0625. The van der Waals surface area contributed by atoms with Gasteiger partial charge in [-0.2, -0.15) is 9.97 Å². The van der Waals surface area contributed by atoms with Gasteiger partial charge < -0.3 is 4.57 Å². The summed E-state index contributed by atoms with van der Waals surface area (Å²) < 4.78 is 47.8. The average Bonchev–Trinajstić information content (AvgIpc) is 3.86. The van der Waals surface area contributed by atoms with Crippen molar-refractivity contribution in [2.45, 2.75) is 19.3 Å². The number of nitrogens with zero attached hydrogens (tertiary/aromatic N) is 5. The molecule has 0 spiro atoms. The average molecular weight is 685 g/mol. The van der Waals surface area contributed by atoms with Crippen molar-refractivity contribution in [3.8, 4) is 45.5 Å². The molecule has 10 aromatic rings. The summed E-state index contributed by atoms with van der Waals surface area (Å²) in [6, 6.07) is 43.1. The number of benzene rings is 7. The third kappa shape index (κ3) is 4.28. The van der Waals surface area contributed by atoms with E-state index in [1.807, 2.05) is 81.9 Å². The Morgan fingerprint density at radius 1 is 0.491 bits per heavy atom. The van der Waals surface area contributed by atoms with Crippen molar-refractivity contribution in [2.24, 2.45) is 0 Å². The minimum atomic E-state index is -0.441. The Morgan fingerprint density at radius 3 is 1.81 bits per heavy atom. The van der Waals surface area contributed by atoms with Crippen LogP contribution in [-0.2, 0) is 5.41 Å². The normalized spacial score (nSPS) is 14.6. The molecule has 1 aliphatic carbocycles. The van der Waals surface area contributed by atoms with Crippen LogP contribution in [0.15, 0.2) is 164 Å². The molecular weight excluding hydrogens is 647 g/mol. The van der Waals surface area contributed by atoms with Crippen molar-refractivity contribution >= 4 is 43.6 Å². The molecule has 0 unspecified atom stereocenters. The smallest absolute Gasteiger partial charge is 0.238 e. The van der Waals surface area contributed by atoms with E-state index < -0.39 is 18.1 Å². The second-order valence-electron chi connectivity index (χ2n) is 14.1. The molecule has 5 nitrogen and oxygen atoms in total. The topological polar surface area (TPSA) is 48.5 Å².